The molecule has 1 aliphatic heterocycles. The Morgan fingerprint density at radius 1 is 1.07 bits per heavy atom. The molecular weight excluding hydrogens is 397 g/mol. The maximum atomic E-state index is 12.6. The SMILES string of the molecule is Cc1cc(-c2cnc(C(F)(F)F)cn2)ccc1O[C@H]1OC(CO)[C@@H](O)[C@H](O)C1O. The van der Waals surface area contributed by atoms with E-state index >= 15 is 0 Å². The molecule has 0 radical (unpaired) electrons. The third kappa shape index (κ3) is 4.49. The third-order valence-electron chi connectivity index (χ3n) is 4.50. The van der Waals surface area contributed by atoms with Crippen LogP contribution in [0.3, 0.4) is 0 Å². The smallest absolute Gasteiger partial charge is 0.434 e. The van der Waals surface area contributed by atoms with Gasteiger partial charge in [0.1, 0.15) is 30.2 Å². The Hall–Kier alpha value is -2.31. The van der Waals surface area contributed by atoms with Crippen LogP contribution in [0.15, 0.2) is 30.6 Å². The average molecular weight is 416 g/mol. The normalized spacial score (nSPS) is 27.7. The number of aliphatic hydroxyl groups excluding tert-OH is 4. The van der Waals surface area contributed by atoms with Crippen molar-refractivity contribution in [1.29, 1.82) is 0 Å². The van der Waals surface area contributed by atoms with Crippen molar-refractivity contribution < 1.29 is 43.1 Å². The van der Waals surface area contributed by atoms with Gasteiger partial charge in [-0.15, -0.1) is 0 Å². The highest BCUT2D eigenvalue weighted by Gasteiger charge is 2.44. The van der Waals surface area contributed by atoms with Crippen LogP contribution in [0, 0.1) is 6.92 Å². The van der Waals surface area contributed by atoms with Crippen LogP contribution in [0.4, 0.5) is 13.2 Å². The molecule has 2 aromatic rings. The van der Waals surface area contributed by atoms with Crippen LogP contribution >= 0.6 is 0 Å². The molecule has 3 rings (SSSR count). The Labute approximate surface area is 163 Å². The number of alkyl halides is 3. The molecule has 4 N–H and O–H groups in total. The fourth-order valence-electron chi connectivity index (χ4n) is 2.85. The van der Waals surface area contributed by atoms with Gasteiger partial charge in [0.05, 0.1) is 24.7 Å². The molecule has 0 spiro atoms. The Balaban J connectivity index is 1.78. The lowest BCUT2D eigenvalue weighted by atomic mass is 9.99. The maximum absolute atomic E-state index is 12.6. The van der Waals surface area contributed by atoms with Gasteiger partial charge in [0.25, 0.3) is 0 Å². The van der Waals surface area contributed by atoms with Gasteiger partial charge in [-0.25, -0.2) is 4.98 Å². The van der Waals surface area contributed by atoms with Crippen molar-refractivity contribution in [2.45, 2.75) is 43.8 Å². The van der Waals surface area contributed by atoms with Crippen molar-refractivity contribution in [3.05, 3.63) is 41.9 Å². The second kappa shape index (κ2) is 8.20. The number of halogens is 3. The van der Waals surface area contributed by atoms with E-state index in [1.807, 2.05) is 0 Å². The summed E-state index contributed by atoms with van der Waals surface area (Å²) in [5.74, 6) is 0.262. The quantitative estimate of drug-likeness (QED) is 0.573. The first kappa shape index (κ1) is 21.4. The monoisotopic (exact) mass is 416 g/mol. The largest absolute Gasteiger partial charge is 0.462 e. The van der Waals surface area contributed by atoms with Crippen molar-refractivity contribution >= 4 is 0 Å². The summed E-state index contributed by atoms with van der Waals surface area (Å²) in [6.45, 7) is 1.07. The zero-order valence-electron chi connectivity index (χ0n) is 15.1. The van der Waals surface area contributed by atoms with Gasteiger partial charge in [0.2, 0.25) is 6.29 Å². The van der Waals surface area contributed by atoms with E-state index in [1.165, 1.54) is 12.1 Å². The number of aryl methyl sites for hydroxylation is 1. The van der Waals surface area contributed by atoms with Gasteiger partial charge in [-0.1, -0.05) is 0 Å². The van der Waals surface area contributed by atoms with Crippen LogP contribution in [0.1, 0.15) is 11.3 Å². The summed E-state index contributed by atoms with van der Waals surface area (Å²) in [5.41, 5.74) is 0.159. The topological polar surface area (TPSA) is 125 Å². The lowest BCUT2D eigenvalue weighted by Gasteiger charge is -2.39. The molecule has 2 heterocycles. The fraction of sp³-hybridized carbons (Fsp3) is 0.444. The number of rotatable bonds is 4. The van der Waals surface area contributed by atoms with Crippen LogP contribution in [0.25, 0.3) is 11.3 Å². The van der Waals surface area contributed by atoms with Gasteiger partial charge in [-0.2, -0.15) is 13.2 Å². The van der Waals surface area contributed by atoms with Gasteiger partial charge in [-0.3, -0.25) is 4.98 Å². The molecule has 0 amide bonds. The minimum atomic E-state index is -4.58. The number of ether oxygens (including phenoxy) is 2. The highest BCUT2D eigenvalue weighted by atomic mass is 19.4. The maximum Gasteiger partial charge on any atom is 0.434 e. The summed E-state index contributed by atoms with van der Waals surface area (Å²) in [6.07, 6.45) is -10.0. The van der Waals surface area contributed by atoms with Crippen molar-refractivity contribution in [3.63, 3.8) is 0 Å². The Morgan fingerprint density at radius 2 is 1.79 bits per heavy atom. The predicted molar refractivity (Wildman–Crippen MR) is 91.6 cm³/mol. The van der Waals surface area contributed by atoms with E-state index in [0.29, 0.717) is 17.3 Å². The molecule has 29 heavy (non-hydrogen) atoms. The van der Waals surface area contributed by atoms with Gasteiger partial charge in [0, 0.05) is 5.56 Å². The number of benzene rings is 1. The van der Waals surface area contributed by atoms with Crippen molar-refractivity contribution in [3.8, 4) is 17.0 Å². The van der Waals surface area contributed by atoms with E-state index in [4.69, 9.17) is 9.47 Å². The van der Waals surface area contributed by atoms with E-state index in [9.17, 15) is 33.6 Å². The zero-order chi connectivity index (χ0) is 21.3. The molecule has 1 fully saturated rings. The van der Waals surface area contributed by atoms with Gasteiger partial charge >= 0.3 is 6.18 Å². The summed E-state index contributed by atoms with van der Waals surface area (Å²) in [6, 6.07) is 4.62. The van der Waals surface area contributed by atoms with Crippen molar-refractivity contribution in [2.75, 3.05) is 6.61 Å². The molecule has 5 atom stereocenters. The van der Waals surface area contributed by atoms with E-state index in [-0.39, 0.29) is 11.4 Å². The second-order valence-corrected chi connectivity index (χ2v) is 6.58. The summed E-state index contributed by atoms with van der Waals surface area (Å²) < 4.78 is 48.6. The average Bonchev–Trinajstić information content (AvgIpc) is 2.69. The Kier molecular flexibility index (Phi) is 6.05. The molecule has 1 aliphatic rings. The lowest BCUT2D eigenvalue weighted by Crippen LogP contribution is -2.60. The number of aliphatic hydroxyl groups is 4. The van der Waals surface area contributed by atoms with Gasteiger partial charge in [-0.05, 0) is 30.7 Å². The molecular formula is C18H19F3N2O6. The highest BCUT2D eigenvalue weighted by Crippen LogP contribution is 2.30. The Morgan fingerprint density at radius 3 is 2.34 bits per heavy atom. The van der Waals surface area contributed by atoms with Crippen molar-refractivity contribution in [1.82, 2.24) is 9.97 Å². The first-order valence-corrected chi connectivity index (χ1v) is 8.59. The minimum Gasteiger partial charge on any atom is -0.462 e. The van der Waals surface area contributed by atoms with Crippen LogP contribution in [-0.4, -0.2) is 67.7 Å². The van der Waals surface area contributed by atoms with Gasteiger partial charge in [0.15, 0.2) is 5.69 Å². The summed E-state index contributed by atoms with van der Waals surface area (Å²) in [4.78, 5) is 7.14. The number of nitrogens with zero attached hydrogens (tertiary/aromatic N) is 2. The first-order chi connectivity index (χ1) is 13.6. The highest BCUT2D eigenvalue weighted by molar-refractivity contribution is 5.61. The van der Waals surface area contributed by atoms with Crippen LogP contribution in [-0.2, 0) is 10.9 Å². The molecule has 1 aromatic heterocycles. The summed E-state index contributed by atoms with van der Waals surface area (Å²) in [7, 11) is 0. The molecule has 1 aromatic carbocycles. The molecule has 0 aliphatic carbocycles. The molecule has 1 saturated heterocycles. The first-order valence-electron chi connectivity index (χ1n) is 8.59. The minimum absolute atomic E-state index is 0.223. The van der Waals surface area contributed by atoms with E-state index < -0.39 is 49.2 Å². The summed E-state index contributed by atoms with van der Waals surface area (Å²) >= 11 is 0. The molecule has 0 saturated carbocycles. The van der Waals surface area contributed by atoms with Crippen LogP contribution in [0.5, 0.6) is 5.75 Å². The zero-order valence-corrected chi connectivity index (χ0v) is 15.1. The third-order valence-corrected chi connectivity index (χ3v) is 4.50. The summed E-state index contributed by atoms with van der Waals surface area (Å²) in [5, 5.41) is 38.9. The molecule has 11 heteroatoms. The molecule has 0 bridgehead atoms. The molecule has 158 valence electrons. The number of hydrogen-bond donors (Lipinski definition) is 4. The molecule has 2 unspecified atom stereocenters. The van der Waals surface area contributed by atoms with Crippen LogP contribution < -0.4 is 4.74 Å². The Bertz CT molecular complexity index is 846. The lowest BCUT2D eigenvalue weighted by molar-refractivity contribution is -0.277. The standard InChI is InChI=1S/C18H19F3N2O6/c1-8-4-9(10-5-23-13(6-22-10)18(19,20)21)2-3-11(8)28-17-16(27)15(26)14(25)12(7-24)29-17/h2-6,12,14-17,24-27H,7H2,1H3/t12?,14-,15+,16?,17+/m1/s1. The predicted octanol–water partition coefficient (Wildman–Crippen LogP) is 0.650. The van der Waals surface area contributed by atoms with Gasteiger partial charge < -0.3 is 29.9 Å². The fourth-order valence-corrected chi connectivity index (χ4v) is 2.85. The van der Waals surface area contributed by atoms with E-state index in [0.717, 1.165) is 6.20 Å². The van der Waals surface area contributed by atoms with E-state index in [2.05, 4.69) is 9.97 Å². The second-order valence-electron chi connectivity index (χ2n) is 6.58. The van der Waals surface area contributed by atoms with Crippen LogP contribution in [0.2, 0.25) is 0 Å². The number of aromatic nitrogens is 2. The van der Waals surface area contributed by atoms with Crippen molar-refractivity contribution in [2.24, 2.45) is 0 Å². The molecule has 8 nitrogen and oxygen atoms in total. The van der Waals surface area contributed by atoms with E-state index in [1.54, 1.807) is 13.0 Å². The number of hydrogen-bond acceptors (Lipinski definition) is 8.